The second kappa shape index (κ2) is 13.0. The van der Waals surface area contributed by atoms with Crippen molar-refractivity contribution in [3.63, 3.8) is 0 Å². The molecule has 4 rings (SSSR count). The lowest BCUT2D eigenvalue weighted by Gasteiger charge is -2.36. The zero-order valence-corrected chi connectivity index (χ0v) is 25.6. The summed E-state index contributed by atoms with van der Waals surface area (Å²) in [6, 6.07) is 17.9. The summed E-state index contributed by atoms with van der Waals surface area (Å²) in [6.45, 7) is 9.30. The topological polar surface area (TPSA) is 87.7 Å². The molecule has 218 valence electrons. The van der Waals surface area contributed by atoms with Crippen LogP contribution in [0.1, 0.15) is 62.8 Å². The summed E-state index contributed by atoms with van der Waals surface area (Å²) < 4.78 is 5.49. The highest BCUT2D eigenvalue weighted by molar-refractivity contribution is 7.98. The molecular formula is C33H41N3O4S. The third-order valence-electron chi connectivity index (χ3n) is 7.15. The van der Waals surface area contributed by atoms with Crippen molar-refractivity contribution in [2.75, 3.05) is 17.3 Å². The van der Waals surface area contributed by atoms with Crippen molar-refractivity contribution in [1.82, 2.24) is 10.2 Å². The summed E-state index contributed by atoms with van der Waals surface area (Å²) >= 11 is 1.60. The number of hydrogen-bond donors (Lipinski definition) is 2. The number of carbonyl (C=O) groups excluding carboxylic acids is 3. The molecule has 0 aromatic heterocycles. The molecular weight excluding hydrogens is 534 g/mol. The Morgan fingerprint density at radius 2 is 1.63 bits per heavy atom. The zero-order valence-electron chi connectivity index (χ0n) is 24.8. The number of aryl methyl sites for hydroxylation is 2. The van der Waals surface area contributed by atoms with Crippen LogP contribution in [0.25, 0.3) is 10.8 Å². The van der Waals surface area contributed by atoms with Crippen LogP contribution in [0.15, 0.2) is 60.7 Å². The highest BCUT2D eigenvalue weighted by Gasteiger charge is 2.44. The van der Waals surface area contributed by atoms with E-state index in [2.05, 4.69) is 10.6 Å². The number of carbonyl (C=O) groups is 3. The molecule has 1 aliphatic rings. The average Bonchev–Trinajstić information content (AvgIpc) is 3.74. The molecule has 3 amide bonds. The molecule has 8 heteroatoms. The maximum Gasteiger partial charge on any atom is 0.408 e. The van der Waals surface area contributed by atoms with E-state index in [0.29, 0.717) is 17.9 Å². The van der Waals surface area contributed by atoms with Crippen molar-refractivity contribution in [3.05, 3.63) is 77.4 Å². The molecule has 1 aliphatic carbocycles. The lowest BCUT2D eigenvalue weighted by molar-refractivity contribution is -0.141. The molecule has 0 heterocycles. The Hall–Kier alpha value is -3.52. The molecule has 3 aromatic rings. The number of rotatable bonds is 10. The van der Waals surface area contributed by atoms with Crippen molar-refractivity contribution < 1.29 is 19.1 Å². The highest BCUT2D eigenvalue weighted by Crippen LogP contribution is 2.38. The number of anilines is 1. The van der Waals surface area contributed by atoms with Crippen LogP contribution in [-0.2, 0) is 14.3 Å². The average molecular weight is 576 g/mol. The fourth-order valence-electron chi connectivity index (χ4n) is 5.13. The molecule has 0 radical (unpaired) electrons. The van der Waals surface area contributed by atoms with Gasteiger partial charge in [0.1, 0.15) is 17.7 Å². The van der Waals surface area contributed by atoms with E-state index in [4.69, 9.17) is 4.74 Å². The smallest absolute Gasteiger partial charge is 0.408 e. The van der Waals surface area contributed by atoms with Crippen molar-refractivity contribution >= 4 is 46.1 Å². The first-order chi connectivity index (χ1) is 19.5. The van der Waals surface area contributed by atoms with Crippen LogP contribution in [0, 0.1) is 13.8 Å². The van der Waals surface area contributed by atoms with Gasteiger partial charge in [-0.3, -0.25) is 9.59 Å². The Morgan fingerprint density at radius 3 is 2.24 bits per heavy atom. The Bertz CT molecular complexity index is 1390. The first-order valence-electron chi connectivity index (χ1n) is 14.1. The number of alkyl carbamates (subject to hydrolysis) is 1. The number of hydrogen-bond acceptors (Lipinski definition) is 5. The van der Waals surface area contributed by atoms with Crippen LogP contribution >= 0.6 is 11.8 Å². The van der Waals surface area contributed by atoms with Crippen molar-refractivity contribution in [2.24, 2.45) is 0 Å². The summed E-state index contributed by atoms with van der Waals surface area (Å²) in [5, 5.41) is 8.02. The number of thioether (sulfide) groups is 1. The number of nitrogens with one attached hydrogen (secondary N) is 2. The number of fused-ring (bicyclic) bond motifs is 1. The highest BCUT2D eigenvalue weighted by atomic mass is 32.2. The Morgan fingerprint density at radius 1 is 0.976 bits per heavy atom. The van der Waals surface area contributed by atoms with Crippen LogP contribution in [0.3, 0.4) is 0 Å². The van der Waals surface area contributed by atoms with E-state index >= 15 is 0 Å². The van der Waals surface area contributed by atoms with E-state index < -0.39 is 23.8 Å². The van der Waals surface area contributed by atoms with Gasteiger partial charge in [0.05, 0.1) is 0 Å². The van der Waals surface area contributed by atoms with E-state index in [9.17, 15) is 14.4 Å². The largest absolute Gasteiger partial charge is 0.444 e. The van der Waals surface area contributed by atoms with Gasteiger partial charge >= 0.3 is 6.09 Å². The van der Waals surface area contributed by atoms with Crippen molar-refractivity contribution in [3.8, 4) is 0 Å². The van der Waals surface area contributed by atoms with Gasteiger partial charge in [0, 0.05) is 11.7 Å². The minimum absolute atomic E-state index is 0.0916. The molecule has 0 aliphatic heterocycles. The SMILES string of the molecule is CSCCC(NC(=O)OC(C)(C)C)C(=O)N(C1CC1)C(C(=O)Nc1ccc2ccccc2c1)c1c(C)cccc1C. The lowest BCUT2D eigenvalue weighted by Crippen LogP contribution is -2.53. The van der Waals surface area contributed by atoms with Gasteiger partial charge in [-0.15, -0.1) is 0 Å². The van der Waals surface area contributed by atoms with E-state index in [-0.39, 0.29) is 17.9 Å². The molecule has 1 saturated carbocycles. The number of benzene rings is 3. The molecule has 0 spiro atoms. The number of ether oxygens (including phenoxy) is 1. The van der Waals surface area contributed by atoms with Crippen LogP contribution in [0.4, 0.5) is 10.5 Å². The normalized spacial score (nSPS) is 14.7. The third-order valence-corrected chi connectivity index (χ3v) is 7.80. The predicted molar refractivity (Wildman–Crippen MR) is 167 cm³/mol. The molecule has 41 heavy (non-hydrogen) atoms. The maximum absolute atomic E-state index is 14.4. The molecule has 0 saturated heterocycles. The monoisotopic (exact) mass is 575 g/mol. The lowest BCUT2D eigenvalue weighted by atomic mass is 9.93. The first kappa shape index (κ1) is 30.4. The van der Waals surface area contributed by atoms with Crippen LogP contribution < -0.4 is 10.6 Å². The minimum atomic E-state index is -0.861. The number of amides is 3. The van der Waals surface area contributed by atoms with Gasteiger partial charge in [-0.05, 0) is 105 Å². The zero-order chi connectivity index (χ0) is 29.7. The molecule has 7 nitrogen and oxygen atoms in total. The molecule has 1 fully saturated rings. The summed E-state index contributed by atoms with van der Waals surface area (Å²) in [4.78, 5) is 43.1. The number of nitrogens with zero attached hydrogens (tertiary/aromatic N) is 1. The van der Waals surface area contributed by atoms with Gasteiger partial charge in [-0.2, -0.15) is 11.8 Å². The first-order valence-corrected chi connectivity index (χ1v) is 15.5. The van der Waals surface area contributed by atoms with Gasteiger partial charge in [0.15, 0.2) is 0 Å². The Kier molecular flexibility index (Phi) is 9.64. The minimum Gasteiger partial charge on any atom is -0.444 e. The van der Waals surface area contributed by atoms with Gasteiger partial charge < -0.3 is 20.3 Å². The summed E-state index contributed by atoms with van der Waals surface area (Å²) in [7, 11) is 0. The van der Waals surface area contributed by atoms with Gasteiger partial charge in [0.25, 0.3) is 5.91 Å². The van der Waals surface area contributed by atoms with E-state index in [1.165, 1.54) is 0 Å². The van der Waals surface area contributed by atoms with Crippen molar-refractivity contribution in [2.45, 2.75) is 77.6 Å². The van der Waals surface area contributed by atoms with Gasteiger partial charge in [0.2, 0.25) is 5.91 Å². The van der Waals surface area contributed by atoms with E-state index in [1.807, 2.05) is 80.8 Å². The molecule has 2 N–H and O–H groups in total. The molecule has 2 atom stereocenters. The predicted octanol–water partition coefficient (Wildman–Crippen LogP) is 6.77. The fourth-order valence-corrected chi connectivity index (χ4v) is 5.60. The molecule has 3 aromatic carbocycles. The van der Waals surface area contributed by atoms with Gasteiger partial charge in [-0.25, -0.2) is 4.79 Å². The summed E-state index contributed by atoms with van der Waals surface area (Å²) in [5.41, 5.74) is 2.64. The van der Waals surface area contributed by atoms with Crippen LogP contribution in [-0.4, -0.2) is 52.5 Å². The molecule has 2 unspecified atom stereocenters. The second-order valence-corrected chi connectivity index (χ2v) is 12.7. The standard InChI is InChI=1S/C33H41N3O4S/c1-21-10-9-11-22(2)28(21)29(30(37)34-25-15-14-23-12-7-8-13-24(23)20-25)36(26-16-17-26)31(38)27(18-19-41-6)35-32(39)40-33(3,4)5/h7-15,20,26-27,29H,16-19H2,1-6H3,(H,34,37)(H,35,39). The molecule has 0 bridgehead atoms. The maximum atomic E-state index is 14.4. The third kappa shape index (κ3) is 7.82. The van der Waals surface area contributed by atoms with Crippen LogP contribution in [0.2, 0.25) is 0 Å². The Labute approximate surface area is 247 Å². The van der Waals surface area contributed by atoms with Crippen molar-refractivity contribution in [1.29, 1.82) is 0 Å². The van der Waals surface area contributed by atoms with E-state index in [0.717, 1.165) is 40.3 Å². The van der Waals surface area contributed by atoms with Gasteiger partial charge in [-0.1, -0.05) is 48.5 Å². The Balaban J connectivity index is 1.72. The second-order valence-electron chi connectivity index (χ2n) is 11.7. The fraction of sp³-hybridized carbons (Fsp3) is 0.424. The van der Waals surface area contributed by atoms with E-state index in [1.54, 1.807) is 37.4 Å². The summed E-state index contributed by atoms with van der Waals surface area (Å²) in [5.74, 6) is 0.120. The van der Waals surface area contributed by atoms with Crippen LogP contribution in [0.5, 0.6) is 0 Å². The quantitative estimate of drug-likeness (QED) is 0.278. The summed E-state index contributed by atoms with van der Waals surface area (Å²) in [6.07, 6.45) is 3.35.